The monoisotopic (exact) mass is 240 g/mol. The minimum atomic E-state index is 0.249. The van der Waals surface area contributed by atoms with Gasteiger partial charge in [0.1, 0.15) is 11.5 Å². The van der Waals surface area contributed by atoms with Gasteiger partial charge in [-0.05, 0) is 19.1 Å². The summed E-state index contributed by atoms with van der Waals surface area (Å²) in [6.07, 6.45) is 5.29. The van der Waals surface area contributed by atoms with E-state index < -0.39 is 0 Å². The molecule has 90 valence electrons. The molecule has 0 unspecified atom stereocenters. The van der Waals surface area contributed by atoms with Crippen molar-refractivity contribution < 1.29 is 0 Å². The van der Waals surface area contributed by atoms with E-state index in [-0.39, 0.29) is 5.95 Å². The number of aromatic nitrogens is 4. The first-order valence-electron chi connectivity index (χ1n) is 5.51. The quantitative estimate of drug-likeness (QED) is 0.637. The predicted octanol–water partition coefficient (Wildman–Crippen LogP) is 1.99. The Morgan fingerprint density at radius 3 is 3.06 bits per heavy atom. The Morgan fingerprint density at radius 2 is 2.17 bits per heavy atom. The summed E-state index contributed by atoms with van der Waals surface area (Å²) in [7, 11) is 0. The zero-order chi connectivity index (χ0) is 12.5. The molecule has 4 N–H and O–H groups in total. The summed E-state index contributed by atoms with van der Waals surface area (Å²) >= 11 is 0. The van der Waals surface area contributed by atoms with Gasteiger partial charge in [-0.3, -0.25) is 0 Å². The number of anilines is 3. The van der Waals surface area contributed by atoms with Crippen LogP contribution in [-0.2, 0) is 0 Å². The summed E-state index contributed by atoms with van der Waals surface area (Å²) in [5.74, 6) is 0.943. The number of aromatic amines is 1. The molecule has 6 heteroatoms. The fourth-order valence-corrected chi connectivity index (χ4v) is 1.73. The first-order valence-corrected chi connectivity index (χ1v) is 5.51. The molecule has 3 aromatic heterocycles. The number of hydrogen-bond acceptors (Lipinski definition) is 5. The van der Waals surface area contributed by atoms with Gasteiger partial charge in [0, 0.05) is 23.3 Å². The Morgan fingerprint density at radius 1 is 1.28 bits per heavy atom. The van der Waals surface area contributed by atoms with Crippen molar-refractivity contribution in [1.29, 1.82) is 0 Å². The van der Waals surface area contributed by atoms with Gasteiger partial charge in [-0.15, -0.1) is 0 Å². The highest BCUT2D eigenvalue weighted by molar-refractivity contribution is 5.80. The van der Waals surface area contributed by atoms with E-state index in [0.717, 1.165) is 22.3 Å². The number of fused-ring (bicyclic) bond motifs is 1. The van der Waals surface area contributed by atoms with Crippen molar-refractivity contribution in [2.24, 2.45) is 0 Å². The molecule has 0 spiro atoms. The van der Waals surface area contributed by atoms with Crippen LogP contribution in [0.5, 0.6) is 0 Å². The van der Waals surface area contributed by atoms with Crippen molar-refractivity contribution in [2.75, 3.05) is 11.1 Å². The minimum Gasteiger partial charge on any atom is -0.368 e. The van der Waals surface area contributed by atoms with Crippen LogP contribution in [-0.4, -0.2) is 19.9 Å². The summed E-state index contributed by atoms with van der Waals surface area (Å²) < 4.78 is 0. The molecule has 18 heavy (non-hydrogen) atoms. The van der Waals surface area contributed by atoms with Crippen LogP contribution >= 0.6 is 0 Å². The van der Waals surface area contributed by atoms with Crippen LogP contribution in [0.2, 0.25) is 0 Å². The molecule has 3 heterocycles. The second-order valence-electron chi connectivity index (χ2n) is 4.02. The van der Waals surface area contributed by atoms with Crippen molar-refractivity contribution >= 4 is 28.5 Å². The number of H-pyrrole nitrogens is 1. The van der Waals surface area contributed by atoms with Gasteiger partial charge < -0.3 is 16.0 Å². The normalized spacial score (nSPS) is 10.7. The topological polar surface area (TPSA) is 92.5 Å². The van der Waals surface area contributed by atoms with E-state index in [1.807, 2.05) is 25.3 Å². The van der Waals surface area contributed by atoms with Crippen LogP contribution in [0.25, 0.3) is 11.0 Å². The third kappa shape index (κ3) is 1.84. The highest BCUT2D eigenvalue weighted by Crippen LogP contribution is 2.20. The molecule has 0 bridgehead atoms. The molecule has 0 amide bonds. The van der Waals surface area contributed by atoms with E-state index in [1.54, 1.807) is 12.4 Å². The Hall–Kier alpha value is -2.63. The van der Waals surface area contributed by atoms with E-state index in [4.69, 9.17) is 5.73 Å². The van der Waals surface area contributed by atoms with Crippen molar-refractivity contribution in [1.82, 2.24) is 19.9 Å². The number of hydrogen-bond donors (Lipinski definition) is 3. The molecule has 0 saturated heterocycles. The molecule has 6 nitrogen and oxygen atoms in total. The molecule has 0 saturated carbocycles. The van der Waals surface area contributed by atoms with E-state index in [1.165, 1.54) is 0 Å². The molecule has 0 atom stereocenters. The van der Waals surface area contributed by atoms with Gasteiger partial charge in [0.05, 0.1) is 11.9 Å². The van der Waals surface area contributed by atoms with Gasteiger partial charge in [0.2, 0.25) is 5.95 Å². The number of pyridine rings is 1. The SMILES string of the molecule is Cc1cnc(N)nc1Nc1cnc2[nH]ccc2c1. The third-order valence-electron chi connectivity index (χ3n) is 2.65. The lowest BCUT2D eigenvalue weighted by atomic mass is 10.3. The van der Waals surface area contributed by atoms with E-state index >= 15 is 0 Å². The average Bonchev–Trinajstić information content (AvgIpc) is 2.81. The summed E-state index contributed by atoms with van der Waals surface area (Å²) in [6.45, 7) is 1.92. The smallest absolute Gasteiger partial charge is 0.221 e. The number of aryl methyl sites for hydroxylation is 1. The third-order valence-corrected chi connectivity index (χ3v) is 2.65. The van der Waals surface area contributed by atoms with Gasteiger partial charge in [-0.25, -0.2) is 9.97 Å². The van der Waals surface area contributed by atoms with Gasteiger partial charge in [-0.2, -0.15) is 4.98 Å². The van der Waals surface area contributed by atoms with Gasteiger partial charge in [0.15, 0.2) is 0 Å². The fourth-order valence-electron chi connectivity index (χ4n) is 1.73. The van der Waals surface area contributed by atoms with Crippen LogP contribution in [0.4, 0.5) is 17.5 Å². The maximum atomic E-state index is 5.57. The van der Waals surface area contributed by atoms with Crippen molar-refractivity contribution in [3.8, 4) is 0 Å². The van der Waals surface area contributed by atoms with Gasteiger partial charge in [0.25, 0.3) is 0 Å². The first kappa shape index (κ1) is 10.5. The molecule has 0 aliphatic carbocycles. The Balaban J connectivity index is 1.97. The second kappa shape index (κ2) is 3.99. The maximum absolute atomic E-state index is 5.57. The lowest BCUT2D eigenvalue weighted by Gasteiger charge is -2.08. The molecule has 3 aromatic rings. The lowest BCUT2D eigenvalue weighted by Crippen LogP contribution is -2.02. The molecule has 0 radical (unpaired) electrons. The van der Waals surface area contributed by atoms with Crippen LogP contribution in [0.3, 0.4) is 0 Å². The average molecular weight is 240 g/mol. The number of nitrogen functional groups attached to an aromatic ring is 1. The number of rotatable bonds is 2. The summed E-state index contributed by atoms with van der Waals surface area (Å²) in [5, 5.41) is 4.23. The number of nitrogens with zero attached hydrogens (tertiary/aromatic N) is 3. The first-order chi connectivity index (χ1) is 8.72. The van der Waals surface area contributed by atoms with Crippen LogP contribution in [0, 0.1) is 6.92 Å². The highest BCUT2D eigenvalue weighted by atomic mass is 15.1. The van der Waals surface area contributed by atoms with Crippen molar-refractivity contribution in [3.05, 3.63) is 36.3 Å². The van der Waals surface area contributed by atoms with Crippen LogP contribution in [0.1, 0.15) is 5.56 Å². The molecule has 0 aromatic carbocycles. The lowest BCUT2D eigenvalue weighted by molar-refractivity contribution is 1.14. The number of nitrogens with one attached hydrogen (secondary N) is 2. The van der Waals surface area contributed by atoms with Crippen molar-refractivity contribution in [3.63, 3.8) is 0 Å². The Bertz CT molecular complexity index is 703. The van der Waals surface area contributed by atoms with E-state index in [9.17, 15) is 0 Å². The molecule has 3 rings (SSSR count). The minimum absolute atomic E-state index is 0.249. The summed E-state index contributed by atoms with van der Waals surface area (Å²) in [5.41, 5.74) is 8.23. The Labute approximate surface area is 103 Å². The summed E-state index contributed by atoms with van der Waals surface area (Å²) in [4.78, 5) is 15.4. The molecule has 0 fully saturated rings. The zero-order valence-electron chi connectivity index (χ0n) is 9.81. The van der Waals surface area contributed by atoms with E-state index in [2.05, 4.69) is 25.3 Å². The predicted molar refractivity (Wildman–Crippen MR) is 70.6 cm³/mol. The molecule has 0 aliphatic heterocycles. The zero-order valence-corrected chi connectivity index (χ0v) is 9.81. The van der Waals surface area contributed by atoms with Crippen LogP contribution < -0.4 is 11.1 Å². The van der Waals surface area contributed by atoms with E-state index in [0.29, 0.717) is 5.82 Å². The maximum Gasteiger partial charge on any atom is 0.221 e. The molecular formula is C12H12N6. The van der Waals surface area contributed by atoms with Gasteiger partial charge in [-0.1, -0.05) is 0 Å². The molecular weight excluding hydrogens is 228 g/mol. The van der Waals surface area contributed by atoms with Crippen molar-refractivity contribution in [2.45, 2.75) is 6.92 Å². The fraction of sp³-hybridized carbons (Fsp3) is 0.0833. The largest absolute Gasteiger partial charge is 0.368 e. The van der Waals surface area contributed by atoms with Gasteiger partial charge >= 0.3 is 0 Å². The molecule has 0 aliphatic rings. The number of nitrogens with two attached hydrogens (primary N) is 1. The summed E-state index contributed by atoms with van der Waals surface area (Å²) in [6, 6.07) is 3.96. The van der Waals surface area contributed by atoms with Crippen LogP contribution in [0.15, 0.2) is 30.7 Å². The second-order valence-corrected chi connectivity index (χ2v) is 4.02. The Kier molecular flexibility index (Phi) is 2.33. The highest BCUT2D eigenvalue weighted by Gasteiger charge is 2.04. The standard InChI is InChI=1S/C12H12N6/c1-7-5-16-12(13)18-10(7)17-9-4-8-2-3-14-11(8)15-6-9/h2-6H,1H3,(H,14,15)(H3,13,16,17,18).